The van der Waals surface area contributed by atoms with Crippen LogP contribution in [0.15, 0.2) is 24.3 Å². The van der Waals surface area contributed by atoms with Gasteiger partial charge < -0.3 is 5.32 Å². The number of nitrogens with one attached hydrogen (secondary N) is 1. The molecule has 0 heterocycles. The molecule has 0 aliphatic carbocycles. The van der Waals surface area contributed by atoms with Crippen molar-refractivity contribution < 1.29 is 4.39 Å². The Labute approximate surface area is 84.3 Å². The van der Waals surface area contributed by atoms with E-state index in [0.717, 1.165) is 12.0 Å². The van der Waals surface area contributed by atoms with Gasteiger partial charge in [0.2, 0.25) is 0 Å². The van der Waals surface area contributed by atoms with E-state index in [9.17, 15) is 4.39 Å². The second-order valence-corrected chi connectivity index (χ2v) is 3.32. The molecule has 0 aliphatic heterocycles. The first kappa shape index (κ1) is 10.7. The molecule has 14 heavy (non-hydrogen) atoms. The predicted octanol–water partition coefficient (Wildman–Crippen LogP) is 1.98. The fourth-order valence-corrected chi connectivity index (χ4v) is 1.28. The standard InChI is InChI=1S/C12H14FN/c1-3-8-14-10(2)9-11-4-6-12(13)7-5-11/h1,4-7,10,14H,8-9H2,2H3/t10-/m1/s1. The third-order valence-electron chi connectivity index (χ3n) is 2.01. The molecule has 0 radical (unpaired) electrons. The normalized spacial score (nSPS) is 12.1. The highest BCUT2D eigenvalue weighted by Crippen LogP contribution is 2.05. The highest BCUT2D eigenvalue weighted by atomic mass is 19.1. The zero-order valence-electron chi connectivity index (χ0n) is 8.26. The first-order valence-corrected chi connectivity index (χ1v) is 4.63. The van der Waals surface area contributed by atoms with Crippen molar-refractivity contribution in [3.05, 3.63) is 35.6 Å². The SMILES string of the molecule is C#CCN[C@H](C)Cc1ccc(F)cc1. The van der Waals surface area contributed by atoms with E-state index in [1.807, 2.05) is 0 Å². The average Bonchev–Trinajstić information content (AvgIpc) is 2.18. The number of halogens is 1. The van der Waals surface area contributed by atoms with Gasteiger partial charge in [0.05, 0.1) is 6.54 Å². The van der Waals surface area contributed by atoms with E-state index in [1.54, 1.807) is 12.1 Å². The van der Waals surface area contributed by atoms with Gasteiger partial charge in [0.15, 0.2) is 0 Å². The molecular formula is C12H14FN. The molecule has 0 amide bonds. The van der Waals surface area contributed by atoms with Gasteiger partial charge in [0.25, 0.3) is 0 Å². The maximum Gasteiger partial charge on any atom is 0.123 e. The van der Waals surface area contributed by atoms with Gasteiger partial charge in [-0.25, -0.2) is 4.39 Å². The quantitative estimate of drug-likeness (QED) is 0.717. The molecule has 1 nitrogen and oxygen atoms in total. The Morgan fingerprint density at radius 3 is 2.64 bits per heavy atom. The number of terminal acetylenes is 1. The molecule has 2 heteroatoms. The fourth-order valence-electron chi connectivity index (χ4n) is 1.28. The van der Waals surface area contributed by atoms with Crippen LogP contribution in [-0.4, -0.2) is 12.6 Å². The van der Waals surface area contributed by atoms with Crippen molar-refractivity contribution >= 4 is 0 Å². The zero-order valence-corrected chi connectivity index (χ0v) is 8.26. The molecule has 0 bridgehead atoms. The van der Waals surface area contributed by atoms with Gasteiger partial charge in [-0.3, -0.25) is 0 Å². The second-order valence-electron chi connectivity index (χ2n) is 3.32. The maximum absolute atomic E-state index is 12.6. The molecule has 0 aliphatic rings. The molecule has 1 aromatic rings. The van der Waals surface area contributed by atoms with Crippen LogP contribution in [-0.2, 0) is 6.42 Å². The summed E-state index contributed by atoms with van der Waals surface area (Å²) in [4.78, 5) is 0. The Morgan fingerprint density at radius 1 is 1.43 bits per heavy atom. The summed E-state index contributed by atoms with van der Waals surface area (Å²) in [5, 5.41) is 3.17. The van der Waals surface area contributed by atoms with Crippen molar-refractivity contribution in [3.8, 4) is 12.3 Å². The van der Waals surface area contributed by atoms with E-state index in [4.69, 9.17) is 6.42 Å². The van der Waals surface area contributed by atoms with Gasteiger partial charge in [0, 0.05) is 6.04 Å². The van der Waals surface area contributed by atoms with Gasteiger partial charge in [-0.2, -0.15) is 0 Å². The van der Waals surface area contributed by atoms with Crippen molar-refractivity contribution in [1.82, 2.24) is 5.32 Å². The summed E-state index contributed by atoms with van der Waals surface area (Å²) in [6, 6.07) is 6.86. The minimum absolute atomic E-state index is 0.196. The van der Waals surface area contributed by atoms with Crippen molar-refractivity contribution in [1.29, 1.82) is 0 Å². The molecule has 0 spiro atoms. The first-order valence-electron chi connectivity index (χ1n) is 4.63. The molecule has 1 atom stereocenters. The molecule has 0 unspecified atom stereocenters. The lowest BCUT2D eigenvalue weighted by Gasteiger charge is -2.11. The largest absolute Gasteiger partial charge is 0.303 e. The predicted molar refractivity (Wildman–Crippen MR) is 56.4 cm³/mol. The monoisotopic (exact) mass is 191 g/mol. The zero-order chi connectivity index (χ0) is 10.4. The third-order valence-corrected chi connectivity index (χ3v) is 2.01. The van der Waals surface area contributed by atoms with Gasteiger partial charge in [-0.1, -0.05) is 18.1 Å². The lowest BCUT2D eigenvalue weighted by Crippen LogP contribution is -2.28. The van der Waals surface area contributed by atoms with Crippen LogP contribution >= 0.6 is 0 Å². The average molecular weight is 191 g/mol. The van der Waals surface area contributed by atoms with Gasteiger partial charge in [-0.05, 0) is 31.0 Å². The fraction of sp³-hybridized carbons (Fsp3) is 0.333. The van der Waals surface area contributed by atoms with Crippen molar-refractivity contribution in [2.24, 2.45) is 0 Å². The van der Waals surface area contributed by atoms with Gasteiger partial charge in [-0.15, -0.1) is 6.42 Å². The highest BCUT2D eigenvalue weighted by Gasteiger charge is 2.01. The van der Waals surface area contributed by atoms with E-state index >= 15 is 0 Å². The summed E-state index contributed by atoms with van der Waals surface area (Å²) in [7, 11) is 0. The van der Waals surface area contributed by atoms with Crippen LogP contribution < -0.4 is 5.32 Å². The van der Waals surface area contributed by atoms with E-state index in [2.05, 4.69) is 18.2 Å². The van der Waals surface area contributed by atoms with Gasteiger partial charge in [0.1, 0.15) is 5.82 Å². The lowest BCUT2D eigenvalue weighted by molar-refractivity contribution is 0.583. The van der Waals surface area contributed by atoms with Crippen LogP contribution in [0.5, 0.6) is 0 Å². The van der Waals surface area contributed by atoms with Gasteiger partial charge >= 0.3 is 0 Å². The van der Waals surface area contributed by atoms with E-state index in [-0.39, 0.29) is 5.82 Å². The third kappa shape index (κ3) is 3.59. The molecular weight excluding hydrogens is 177 g/mol. The Morgan fingerprint density at radius 2 is 2.07 bits per heavy atom. The lowest BCUT2D eigenvalue weighted by atomic mass is 10.1. The summed E-state index contributed by atoms with van der Waals surface area (Å²) < 4.78 is 12.6. The molecule has 74 valence electrons. The van der Waals surface area contributed by atoms with Crippen LogP contribution in [0.3, 0.4) is 0 Å². The molecule has 0 aromatic heterocycles. The van der Waals surface area contributed by atoms with Crippen LogP contribution in [0.4, 0.5) is 4.39 Å². The minimum atomic E-state index is -0.196. The summed E-state index contributed by atoms with van der Waals surface area (Å²) in [5.74, 6) is 2.33. The highest BCUT2D eigenvalue weighted by molar-refractivity contribution is 5.17. The second kappa shape index (κ2) is 5.41. The van der Waals surface area contributed by atoms with Crippen molar-refractivity contribution in [2.75, 3.05) is 6.54 Å². The molecule has 0 fully saturated rings. The minimum Gasteiger partial charge on any atom is -0.303 e. The first-order chi connectivity index (χ1) is 6.72. The molecule has 0 saturated carbocycles. The number of hydrogen-bond acceptors (Lipinski definition) is 1. The molecule has 1 aromatic carbocycles. The number of rotatable bonds is 4. The Balaban J connectivity index is 2.44. The summed E-state index contributed by atoms with van der Waals surface area (Å²) in [6.07, 6.45) is 5.99. The van der Waals surface area contributed by atoms with Crippen LogP contribution in [0, 0.1) is 18.2 Å². The smallest absolute Gasteiger partial charge is 0.123 e. The van der Waals surface area contributed by atoms with E-state index in [0.29, 0.717) is 12.6 Å². The Hall–Kier alpha value is -1.33. The summed E-state index contributed by atoms with van der Waals surface area (Å²) in [6.45, 7) is 2.63. The molecule has 0 saturated heterocycles. The van der Waals surface area contributed by atoms with Crippen LogP contribution in [0.25, 0.3) is 0 Å². The molecule has 1 N–H and O–H groups in total. The molecule has 1 rings (SSSR count). The van der Waals surface area contributed by atoms with Crippen molar-refractivity contribution in [2.45, 2.75) is 19.4 Å². The van der Waals surface area contributed by atoms with E-state index < -0.39 is 0 Å². The maximum atomic E-state index is 12.6. The van der Waals surface area contributed by atoms with Crippen LogP contribution in [0.1, 0.15) is 12.5 Å². The topological polar surface area (TPSA) is 12.0 Å². The number of benzene rings is 1. The van der Waals surface area contributed by atoms with Crippen LogP contribution in [0.2, 0.25) is 0 Å². The Bertz CT molecular complexity index is 310. The summed E-state index contributed by atoms with van der Waals surface area (Å²) >= 11 is 0. The Kier molecular flexibility index (Phi) is 4.15. The van der Waals surface area contributed by atoms with Crippen molar-refractivity contribution in [3.63, 3.8) is 0 Å². The number of hydrogen-bond donors (Lipinski definition) is 1. The summed E-state index contributed by atoms with van der Waals surface area (Å²) in [5.41, 5.74) is 1.11. The van der Waals surface area contributed by atoms with E-state index in [1.165, 1.54) is 12.1 Å².